The molecule has 1 aromatic heterocycles. The molecule has 9 heteroatoms. The van der Waals surface area contributed by atoms with Crippen LogP contribution in [0.15, 0.2) is 71.1 Å². The summed E-state index contributed by atoms with van der Waals surface area (Å²) in [6, 6.07) is 18.4. The molecule has 1 unspecified atom stereocenters. The fourth-order valence-electron chi connectivity index (χ4n) is 3.22. The van der Waals surface area contributed by atoms with E-state index in [1.54, 1.807) is 24.3 Å². The summed E-state index contributed by atoms with van der Waals surface area (Å²) in [4.78, 5) is 24.5. The maximum Gasteiger partial charge on any atom is 0.387 e. The minimum atomic E-state index is -3.05. The van der Waals surface area contributed by atoms with Crippen molar-refractivity contribution in [1.82, 2.24) is 0 Å². The number of halogens is 2. The van der Waals surface area contributed by atoms with Gasteiger partial charge in [-0.1, -0.05) is 30.3 Å². The molecule has 1 amide bonds. The van der Waals surface area contributed by atoms with Gasteiger partial charge in [0.05, 0.1) is 5.69 Å². The van der Waals surface area contributed by atoms with Crippen LogP contribution in [-0.4, -0.2) is 31.2 Å². The van der Waals surface area contributed by atoms with Gasteiger partial charge >= 0.3 is 12.6 Å². The van der Waals surface area contributed by atoms with E-state index in [0.717, 1.165) is 16.4 Å². The van der Waals surface area contributed by atoms with Crippen LogP contribution < -0.4 is 14.8 Å². The second kappa shape index (κ2) is 9.56. The summed E-state index contributed by atoms with van der Waals surface area (Å²) in [6.45, 7) is -2.12. The van der Waals surface area contributed by atoms with Crippen LogP contribution in [-0.2, 0) is 14.3 Å². The lowest BCUT2D eigenvalue weighted by molar-refractivity contribution is -0.155. The van der Waals surface area contributed by atoms with Gasteiger partial charge in [0.1, 0.15) is 22.7 Å². The van der Waals surface area contributed by atoms with Crippen molar-refractivity contribution in [3.63, 3.8) is 0 Å². The van der Waals surface area contributed by atoms with Crippen LogP contribution in [0.3, 0.4) is 0 Å². The van der Waals surface area contributed by atoms with Crippen molar-refractivity contribution in [2.75, 3.05) is 11.9 Å². The van der Waals surface area contributed by atoms with E-state index in [1.807, 2.05) is 24.3 Å². The normalized spacial score (nSPS) is 12.0. The number of carbonyl (C=O) groups excluding carboxylic acids is 2. The molecule has 1 atom stereocenters. The second-order valence-electron chi connectivity index (χ2n) is 7.04. The summed E-state index contributed by atoms with van der Waals surface area (Å²) in [7, 11) is 0. The van der Waals surface area contributed by atoms with Crippen molar-refractivity contribution in [2.45, 2.75) is 19.6 Å². The molecule has 1 N–H and O–H groups in total. The van der Waals surface area contributed by atoms with Gasteiger partial charge in [-0.15, -0.1) is 0 Å². The first-order chi connectivity index (χ1) is 15.9. The number of ether oxygens (including phenoxy) is 3. The van der Waals surface area contributed by atoms with E-state index in [2.05, 4.69) is 10.1 Å². The fraction of sp³-hybridized carbons (Fsp3) is 0.167. The van der Waals surface area contributed by atoms with Crippen molar-refractivity contribution in [3.8, 4) is 11.5 Å². The van der Waals surface area contributed by atoms with E-state index in [-0.39, 0.29) is 11.4 Å². The highest BCUT2D eigenvalue weighted by Gasteiger charge is 2.20. The van der Waals surface area contributed by atoms with Gasteiger partial charge in [-0.25, -0.2) is 4.79 Å². The molecular formula is C24H19F2NO6. The lowest BCUT2D eigenvalue weighted by Gasteiger charge is -2.16. The molecule has 0 aliphatic carbocycles. The zero-order valence-electron chi connectivity index (χ0n) is 17.4. The molecular weight excluding hydrogens is 436 g/mol. The topological polar surface area (TPSA) is 87.0 Å². The number of carbonyl (C=O) groups is 2. The largest absolute Gasteiger partial charge is 0.482 e. The predicted molar refractivity (Wildman–Crippen MR) is 116 cm³/mol. The maximum absolute atomic E-state index is 12.5. The Hall–Kier alpha value is -4.14. The van der Waals surface area contributed by atoms with E-state index < -0.39 is 31.2 Å². The first-order valence-electron chi connectivity index (χ1n) is 9.99. The van der Waals surface area contributed by atoms with Gasteiger partial charge in [0.25, 0.3) is 5.91 Å². The molecule has 0 saturated carbocycles. The van der Waals surface area contributed by atoms with Crippen LogP contribution in [0.2, 0.25) is 0 Å². The Bertz CT molecular complexity index is 1300. The third-order valence-corrected chi connectivity index (χ3v) is 4.74. The van der Waals surface area contributed by atoms with Gasteiger partial charge < -0.3 is 23.9 Å². The number of fused-ring (bicyclic) bond motifs is 3. The molecule has 0 radical (unpaired) electrons. The Morgan fingerprint density at radius 2 is 1.70 bits per heavy atom. The standard InChI is InChI=1S/C24H19F2NO6/c1-14(23(29)27-18-7-3-5-9-21(18)33-24(25)26)31-22(28)13-30-15-10-11-20-17(12-15)16-6-2-4-8-19(16)32-20/h2-12,14,24H,13H2,1H3,(H,27,29). The molecule has 0 bridgehead atoms. The molecule has 0 aliphatic rings. The van der Waals surface area contributed by atoms with Crippen LogP contribution in [0.25, 0.3) is 21.9 Å². The Morgan fingerprint density at radius 3 is 2.52 bits per heavy atom. The van der Waals surface area contributed by atoms with Crippen LogP contribution in [0.5, 0.6) is 11.5 Å². The fourth-order valence-corrected chi connectivity index (χ4v) is 3.22. The maximum atomic E-state index is 12.5. The van der Waals surface area contributed by atoms with Crippen LogP contribution in [0.1, 0.15) is 6.92 Å². The van der Waals surface area contributed by atoms with E-state index >= 15 is 0 Å². The number of esters is 1. The number of benzene rings is 3. The first-order valence-corrected chi connectivity index (χ1v) is 9.99. The van der Waals surface area contributed by atoms with Crippen molar-refractivity contribution in [1.29, 1.82) is 0 Å². The number of furan rings is 1. The summed E-state index contributed by atoms with van der Waals surface area (Å²) in [5.74, 6) is -1.25. The summed E-state index contributed by atoms with van der Waals surface area (Å²) in [6.07, 6.45) is -1.19. The Balaban J connectivity index is 1.34. The van der Waals surface area contributed by atoms with Gasteiger partial charge in [0.15, 0.2) is 12.7 Å². The van der Waals surface area contributed by atoms with E-state index in [9.17, 15) is 18.4 Å². The van der Waals surface area contributed by atoms with Crippen molar-refractivity contribution in [2.24, 2.45) is 0 Å². The number of hydrogen-bond acceptors (Lipinski definition) is 6. The summed E-state index contributed by atoms with van der Waals surface area (Å²) >= 11 is 0. The second-order valence-corrected chi connectivity index (χ2v) is 7.04. The molecule has 1 heterocycles. The molecule has 33 heavy (non-hydrogen) atoms. The van der Waals surface area contributed by atoms with Gasteiger partial charge in [-0.05, 0) is 43.3 Å². The average molecular weight is 455 g/mol. The molecule has 0 saturated heterocycles. The van der Waals surface area contributed by atoms with Gasteiger partial charge in [0, 0.05) is 10.8 Å². The van der Waals surface area contributed by atoms with Crippen molar-refractivity contribution in [3.05, 3.63) is 66.7 Å². The zero-order chi connectivity index (χ0) is 23.4. The van der Waals surface area contributed by atoms with Gasteiger partial charge in [0.2, 0.25) is 0 Å². The average Bonchev–Trinajstić information content (AvgIpc) is 3.16. The van der Waals surface area contributed by atoms with Crippen molar-refractivity contribution < 1.29 is 37.0 Å². The van der Waals surface area contributed by atoms with Crippen LogP contribution in [0.4, 0.5) is 14.5 Å². The summed E-state index contributed by atoms with van der Waals surface area (Å²) in [5.41, 5.74) is 1.46. The third-order valence-electron chi connectivity index (χ3n) is 4.74. The van der Waals surface area contributed by atoms with E-state index in [4.69, 9.17) is 13.9 Å². The van der Waals surface area contributed by atoms with Crippen LogP contribution in [0, 0.1) is 0 Å². The highest BCUT2D eigenvalue weighted by atomic mass is 19.3. The quantitative estimate of drug-likeness (QED) is 0.371. The number of para-hydroxylation sites is 3. The lowest BCUT2D eigenvalue weighted by Crippen LogP contribution is -2.31. The molecule has 4 aromatic rings. The third kappa shape index (κ3) is 5.20. The number of nitrogens with one attached hydrogen (secondary N) is 1. The van der Waals surface area contributed by atoms with E-state index in [1.165, 1.54) is 25.1 Å². The zero-order valence-corrected chi connectivity index (χ0v) is 17.4. The number of amides is 1. The Morgan fingerprint density at radius 1 is 0.970 bits per heavy atom. The molecule has 4 rings (SSSR count). The van der Waals surface area contributed by atoms with Crippen LogP contribution >= 0.6 is 0 Å². The smallest absolute Gasteiger partial charge is 0.387 e. The Kier molecular flexibility index (Phi) is 6.39. The molecule has 0 fully saturated rings. The molecule has 0 aliphatic heterocycles. The summed E-state index contributed by atoms with van der Waals surface area (Å²) in [5, 5.41) is 4.16. The van der Waals surface area contributed by atoms with Gasteiger partial charge in [-0.2, -0.15) is 8.78 Å². The van der Waals surface area contributed by atoms with E-state index in [0.29, 0.717) is 11.3 Å². The monoisotopic (exact) mass is 455 g/mol. The lowest BCUT2D eigenvalue weighted by atomic mass is 10.1. The molecule has 3 aromatic carbocycles. The SMILES string of the molecule is CC(OC(=O)COc1ccc2oc3ccccc3c2c1)C(=O)Nc1ccccc1OC(F)F. The number of hydrogen-bond donors (Lipinski definition) is 1. The van der Waals surface area contributed by atoms with Gasteiger partial charge in [-0.3, -0.25) is 4.79 Å². The number of anilines is 1. The first kappa shape index (κ1) is 22.1. The minimum absolute atomic E-state index is 0.0302. The van der Waals surface area contributed by atoms with Crippen molar-refractivity contribution >= 4 is 39.5 Å². The highest BCUT2D eigenvalue weighted by molar-refractivity contribution is 6.05. The molecule has 170 valence electrons. The predicted octanol–water partition coefficient (Wildman–Crippen LogP) is 5.14. The molecule has 7 nitrogen and oxygen atoms in total. The summed E-state index contributed by atoms with van der Waals surface area (Å²) < 4.78 is 45.7. The number of rotatable bonds is 8. The Labute approximate surface area is 186 Å². The number of alkyl halides is 2. The highest BCUT2D eigenvalue weighted by Crippen LogP contribution is 2.31. The molecule has 0 spiro atoms. The minimum Gasteiger partial charge on any atom is -0.482 e.